The van der Waals surface area contributed by atoms with Crippen LogP contribution < -0.4 is 5.32 Å². The molecule has 5 heteroatoms. The molecule has 0 bridgehead atoms. The molecule has 20 heavy (non-hydrogen) atoms. The maximum Gasteiger partial charge on any atom is 0.156 e. The lowest BCUT2D eigenvalue weighted by Gasteiger charge is -2.33. The quantitative estimate of drug-likeness (QED) is 0.811. The first-order chi connectivity index (χ1) is 9.28. The van der Waals surface area contributed by atoms with Crippen LogP contribution in [0.5, 0.6) is 0 Å². The van der Waals surface area contributed by atoms with Crippen molar-refractivity contribution < 1.29 is 8.42 Å². The van der Waals surface area contributed by atoms with Gasteiger partial charge in [0.15, 0.2) is 9.84 Å². The second kappa shape index (κ2) is 6.32. The zero-order valence-electron chi connectivity index (χ0n) is 13.2. The summed E-state index contributed by atoms with van der Waals surface area (Å²) < 4.78 is 23.7. The van der Waals surface area contributed by atoms with E-state index in [4.69, 9.17) is 0 Å². The minimum atomic E-state index is -2.99. The van der Waals surface area contributed by atoms with Crippen LogP contribution in [-0.2, 0) is 9.84 Å². The number of nitrogens with zero attached hydrogens (tertiary/aromatic N) is 1. The van der Waals surface area contributed by atoms with E-state index in [0.717, 1.165) is 25.7 Å². The van der Waals surface area contributed by atoms with Gasteiger partial charge in [0, 0.05) is 19.1 Å². The number of nitrogens with one attached hydrogen (secondary N) is 1. The molecule has 0 aromatic rings. The van der Waals surface area contributed by atoms with Crippen LogP contribution in [-0.4, -0.2) is 56.0 Å². The summed E-state index contributed by atoms with van der Waals surface area (Å²) in [5.74, 6) is 0.987. The molecule has 1 saturated heterocycles. The molecule has 2 aliphatic rings. The second-order valence-electron chi connectivity index (χ2n) is 7.42. The smallest absolute Gasteiger partial charge is 0.156 e. The Labute approximate surface area is 124 Å². The van der Waals surface area contributed by atoms with Crippen molar-refractivity contribution in [3.8, 4) is 0 Å². The molecule has 1 N–H and O–H groups in total. The molecule has 0 aromatic heterocycles. The minimum Gasteiger partial charge on any atom is -0.314 e. The molecule has 1 saturated carbocycles. The molecule has 1 atom stereocenters. The van der Waals surface area contributed by atoms with Crippen molar-refractivity contribution in [2.75, 3.05) is 31.9 Å². The number of likely N-dealkylation sites (tertiary alicyclic amines) is 1. The molecule has 118 valence electrons. The summed E-state index contributed by atoms with van der Waals surface area (Å²) in [6.45, 7) is 9.29. The first-order valence-corrected chi connectivity index (χ1v) is 9.61. The second-order valence-corrected chi connectivity index (χ2v) is 10.3. The molecule has 2 fully saturated rings. The van der Waals surface area contributed by atoms with E-state index in [1.807, 2.05) is 0 Å². The van der Waals surface area contributed by atoms with Gasteiger partial charge in [-0.2, -0.15) is 0 Å². The molecule has 1 aliphatic heterocycles. The monoisotopic (exact) mass is 302 g/mol. The number of hydrogen-bond acceptors (Lipinski definition) is 4. The summed E-state index contributed by atoms with van der Waals surface area (Å²) in [6.07, 6.45) is 5.15. The van der Waals surface area contributed by atoms with E-state index in [0.29, 0.717) is 18.2 Å². The number of piperidine rings is 1. The molecule has 0 radical (unpaired) electrons. The van der Waals surface area contributed by atoms with Gasteiger partial charge in [0.1, 0.15) is 0 Å². The van der Waals surface area contributed by atoms with E-state index < -0.39 is 14.6 Å². The Morgan fingerprint density at radius 1 is 1.20 bits per heavy atom. The van der Waals surface area contributed by atoms with E-state index in [1.54, 1.807) is 20.8 Å². The van der Waals surface area contributed by atoms with Gasteiger partial charge in [0.05, 0.1) is 10.5 Å². The van der Waals surface area contributed by atoms with E-state index >= 15 is 0 Å². The van der Waals surface area contributed by atoms with Gasteiger partial charge in [-0.1, -0.05) is 0 Å². The van der Waals surface area contributed by atoms with Gasteiger partial charge in [0.2, 0.25) is 0 Å². The van der Waals surface area contributed by atoms with Crippen LogP contribution in [0.2, 0.25) is 0 Å². The highest BCUT2D eigenvalue weighted by Crippen LogP contribution is 2.22. The van der Waals surface area contributed by atoms with Gasteiger partial charge >= 0.3 is 0 Å². The van der Waals surface area contributed by atoms with Crippen molar-refractivity contribution in [2.24, 2.45) is 5.92 Å². The molecule has 1 heterocycles. The molecule has 0 amide bonds. The Morgan fingerprint density at radius 3 is 2.50 bits per heavy atom. The first-order valence-electron chi connectivity index (χ1n) is 7.96. The molecular formula is C15H30N2O2S. The Bertz CT molecular complexity index is 410. The van der Waals surface area contributed by atoms with Crippen molar-refractivity contribution in [1.82, 2.24) is 10.2 Å². The minimum absolute atomic E-state index is 0.291. The average Bonchev–Trinajstić information content (AvgIpc) is 3.17. The lowest BCUT2D eigenvalue weighted by atomic mass is 9.98. The largest absolute Gasteiger partial charge is 0.314 e. The maximum absolute atomic E-state index is 12.2. The highest BCUT2D eigenvalue weighted by atomic mass is 32.2. The van der Waals surface area contributed by atoms with Crippen LogP contribution in [0, 0.1) is 5.92 Å². The molecule has 2 rings (SSSR count). The summed E-state index contributed by atoms with van der Waals surface area (Å²) in [7, 11) is -2.99. The molecule has 0 spiro atoms. The predicted molar refractivity (Wildman–Crippen MR) is 83.7 cm³/mol. The third-order valence-electron chi connectivity index (χ3n) is 4.48. The molecule has 4 nitrogen and oxygen atoms in total. The predicted octanol–water partition coefficient (Wildman–Crippen LogP) is 1.66. The van der Waals surface area contributed by atoms with E-state index in [1.165, 1.54) is 25.7 Å². The molecule has 1 unspecified atom stereocenters. The zero-order valence-corrected chi connectivity index (χ0v) is 14.0. The fraction of sp³-hybridized carbons (Fsp3) is 1.00. The summed E-state index contributed by atoms with van der Waals surface area (Å²) in [4.78, 5) is 2.34. The fourth-order valence-corrected chi connectivity index (χ4v) is 3.81. The van der Waals surface area contributed by atoms with Gasteiger partial charge in [-0.25, -0.2) is 8.42 Å². The lowest BCUT2D eigenvalue weighted by molar-refractivity contribution is 0.180. The van der Waals surface area contributed by atoms with Gasteiger partial charge in [0.25, 0.3) is 0 Å². The Kier molecular flexibility index (Phi) is 5.14. The van der Waals surface area contributed by atoms with Gasteiger partial charge in [-0.05, 0) is 65.5 Å². The number of hydrogen-bond donors (Lipinski definition) is 1. The Hall–Kier alpha value is -0.130. The fourth-order valence-electron chi connectivity index (χ4n) is 2.70. The molecule has 0 aromatic carbocycles. The van der Waals surface area contributed by atoms with Crippen molar-refractivity contribution in [3.63, 3.8) is 0 Å². The van der Waals surface area contributed by atoms with Crippen LogP contribution in [0.4, 0.5) is 0 Å². The summed E-state index contributed by atoms with van der Waals surface area (Å²) in [5.41, 5.74) is 0. The lowest BCUT2D eigenvalue weighted by Crippen LogP contribution is -2.43. The van der Waals surface area contributed by atoms with E-state index in [2.05, 4.69) is 10.2 Å². The van der Waals surface area contributed by atoms with Crippen molar-refractivity contribution in [1.29, 1.82) is 0 Å². The zero-order chi connectivity index (χ0) is 14.8. The highest BCUT2D eigenvalue weighted by Gasteiger charge is 2.30. The van der Waals surface area contributed by atoms with Gasteiger partial charge in [-0.3, -0.25) is 0 Å². The summed E-state index contributed by atoms with van der Waals surface area (Å²) in [5, 5.41) is 3.60. The first kappa shape index (κ1) is 16.2. The molecule has 1 aliphatic carbocycles. The standard InChI is InChI=1S/C15H30N2O2S/c1-15(2,3)20(18,19)10-9-17-8-4-5-13(12-17)11-16-14-6-7-14/h13-14,16H,4-12H2,1-3H3. The van der Waals surface area contributed by atoms with Crippen LogP contribution in [0.25, 0.3) is 0 Å². The van der Waals surface area contributed by atoms with Gasteiger partial charge in [-0.15, -0.1) is 0 Å². The Morgan fingerprint density at radius 2 is 1.90 bits per heavy atom. The highest BCUT2D eigenvalue weighted by molar-refractivity contribution is 7.92. The van der Waals surface area contributed by atoms with Crippen molar-refractivity contribution in [3.05, 3.63) is 0 Å². The van der Waals surface area contributed by atoms with E-state index in [9.17, 15) is 8.42 Å². The normalized spacial score (nSPS) is 25.9. The maximum atomic E-state index is 12.2. The molecular weight excluding hydrogens is 272 g/mol. The van der Waals surface area contributed by atoms with Crippen molar-refractivity contribution in [2.45, 2.75) is 57.2 Å². The van der Waals surface area contributed by atoms with Crippen LogP contribution >= 0.6 is 0 Å². The average molecular weight is 302 g/mol. The third-order valence-corrected chi connectivity index (χ3v) is 7.07. The van der Waals surface area contributed by atoms with Crippen LogP contribution in [0.15, 0.2) is 0 Å². The Balaban J connectivity index is 1.74. The van der Waals surface area contributed by atoms with Gasteiger partial charge < -0.3 is 10.2 Å². The summed E-state index contributed by atoms with van der Waals surface area (Å²) >= 11 is 0. The van der Waals surface area contributed by atoms with Crippen molar-refractivity contribution >= 4 is 9.84 Å². The number of rotatable bonds is 6. The topological polar surface area (TPSA) is 49.4 Å². The summed E-state index contributed by atoms with van der Waals surface area (Å²) in [6, 6.07) is 0.770. The van der Waals surface area contributed by atoms with Crippen LogP contribution in [0.3, 0.4) is 0 Å². The SMILES string of the molecule is CC(C)(C)S(=O)(=O)CCN1CCCC(CNC2CC2)C1. The van der Waals surface area contributed by atoms with Crippen LogP contribution in [0.1, 0.15) is 46.5 Å². The third kappa shape index (κ3) is 4.71. The van der Waals surface area contributed by atoms with E-state index in [-0.39, 0.29) is 0 Å². The number of sulfone groups is 1.